The summed E-state index contributed by atoms with van der Waals surface area (Å²) in [5, 5.41) is 3.18. The number of nitrogens with zero attached hydrogens (tertiary/aromatic N) is 1. The molecule has 2 heterocycles. The molecule has 31 heavy (non-hydrogen) atoms. The normalized spacial score (nSPS) is 23.2. The van der Waals surface area contributed by atoms with Crippen molar-refractivity contribution in [2.24, 2.45) is 0 Å². The summed E-state index contributed by atoms with van der Waals surface area (Å²) in [5.41, 5.74) is 1.25. The number of hydrogen-bond donors (Lipinski definition) is 1. The lowest BCUT2D eigenvalue weighted by molar-refractivity contribution is -0.127. The minimum atomic E-state index is -0.387. The van der Waals surface area contributed by atoms with Crippen molar-refractivity contribution >= 4 is 11.8 Å². The maximum absolute atomic E-state index is 13.8. The molecule has 164 valence electrons. The monoisotopic (exact) mass is 420 g/mol. The van der Waals surface area contributed by atoms with E-state index in [1.54, 1.807) is 6.26 Å². The zero-order chi connectivity index (χ0) is 21.3. The Morgan fingerprint density at radius 2 is 1.81 bits per heavy atom. The van der Waals surface area contributed by atoms with E-state index in [4.69, 9.17) is 4.42 Å². The Morgan fingerprint density at radius 3 is 2.55 bits per heavy atom. The summed E-state index contributed by atoms with van der Waals surface area (Å²) in [5.74, 6) is 0.764. The van der Waals surface area contributed by atoms with Crippen LogP contribution in [0, 0.1) is 0 Å². The van der Waals surface area contributed by atoms with Gasteiger partial charge in [0.15, 0.2) is 0 Å². The van der Waals surface area contributed by atoms with Crippen LogP contribution in [0.1, 0.15) is 85.4 Å². The van der Waals surface area contributed by atoms with Gasteiger partial charge in [-0.15, -0.1) is 0 Å². The molecule has 5 heteroatoms. The van der Waals surface area contributed by atoms with Crippen molar-refractivity contribution < 1.29 is 14.0 Å². The molecule has 1 aliphatic heterocycles. The van der Waals surface area contributed by atoms with Crippen molar-refractivity contribution in [3.05, 3.63) is 59.5 Å². The number of rotatable bonds is 5. The summed E-state index contributed by atoms with van der Waals surface area (Å²) >= 11 is 0. The molecule has 0 saturated heterocycles. The molecule has 1 atom stereocenters. The molecular formula is C26H32N2O3. The maximum atomic E-state index is 13.8. The molecular weight excluding hydrogens is 388 g/mol. The van der Waals surface area contributed by atoms with Crippen molar-refractivity contribution in [2.45, 2.75) is 81.7 Å². The molecule has 0 radical (unpaired) electrons. The van der Waals surface area contributed by atoms with Gasteiger partial charge in [-0.25, -0.2) is 0 Å². The summed E-state index contributed by atoms with van der Waals surface area (Å²) in [6, 6.07) is 11.9. The number of benzene rings is 1. The maximum Gasteiger partial charge on any atom is 0.254 e. The molecule has 5 rings (SSSR count). The third kappa shape index (κ3) is 3.58. The second-order valence-electron chi connectivity index (χ2n) is 9.42. The Labute approximate surface area is 184 Å². The van der Waals surface area contributed by atoms with Crippen LogP contribution < -0.4 is 5.32 Å². The number of fused-ring (bicyclic) bond motifs is 1. The zero-order valence-electron chi connectivity index (χ0n) is 18.1. The molecule has 0 bridgehead atoms. The summed E-state index contributed by atoms with van der Waals surface area (Å²) < 4.78 is 5.42. The number of carbonyl (C=O) groups is 2. The molecule has 1 spiro atoms. The number of furan rings is 1. The Balaban J connectivity index is 1.49. The minimum absolute atomic E-state index is 0.0502. The van der Waals surface area contributed by atoms with Gasteiger partial charge in [-0.05, 0) is 49.4 Å². The van der Waals surface area contributed by atoms with E-state index in [9.17, 15) is 9.59 Å². The van der Waals surface area contributed by atoms with E-state index in [0.717, 1.165) is 55.4 Å². The summed E-state index contributed by atoms with van der Waals surface area (Å²) in [4.78, 5) is 29.7. The van der Waals surface area contributed by atoms with Crippen LogP contribution in [0.2, 0.25) is 0 Å². The lowest BCUT2D eigenvalue weighted by Crippen LogP contribution is -2.63. The van der Waals surface area contributed by atoms with Gasteiger partial charge >= 0.3 is 0 Å². The van der Waals surface area contributed by atoms with Crippen molar-refractivity contribution in [2.75, 3.05) is 6.54 Å². The van der Waals surface area contributed by atoms with Gasteiger partial charge in [-0.3, -0.25) is 9.59 Å². The first-order chi connectivity index (χ1) is 15.2. The van der Waals surface area contributed by atoms with E-state index in [2.05, 4.69) is 10.2 Å². The molecule has 2 fully saturated rings. The molecule has 2 aliphatic carbocycles. The third-order valence-corrected chi connectivity index (χ3v) is 7.66. The lowest BCUT2D eigenvalue weighted by atomic mass is 9.69. The van der Waals surface area contributed by atoms with Gasteiger partial charge in [-0.2, -0.15) is 0 Å². The Kier molecular flexibility index (Phi) is 5.59. The number of hydrogen-bond acceptors (Lipinski definition) is 3. The minimum Gasteiger partial charge on any atom is -0.469 e. The topological polar surface area (TPSA) is 62.6 Å². The molecule has 3 aliphatic rings. The zero-order valence-corrected chi connectivity index (χ0v) is 18.1. The highest BCUT2D eigenvalue weighted by molar-refractivity contribution is 6.02. The van der Waals surface area contributed by atoms with Crippen molar-refractivity contribution in [3.63, 3.8) is 0 Å². The standard InChI is InChI=1S/C26H32N2O3/c29-24(27-17-14-20-11-8-18-31-20)23-21-12-4-5-13-22(21)25(30)28(19-9-2-1-3-10-19)26(23)15-6-7-16-26/h4-5,8,11-13,18-19,23H,1-3,6-7,9-10,14-17H2,(H,27,29)/t23-/m0/s1. The van der Waals surface area contributed by atoms with Gasteiger partial charge < -0.3 is 14.6 Å². The van der Waals surface area contributed by atoms with Crippen molar-refractivity contribution in [3.8, 4) is 0 Å². The highest BCUT2D eigenvalue weighted by Gasteiger charge is 2.57. The first-order valence-corrected chi connectivity index (χ1v) is 11.9. The molecule has 2 saturated carbocycles. The van der Waals surface area contributed by atoms with Gasteiger partial charge in [0.25, 0.3) is 5.91 Å². The third-order valence-electron chi connectivity index (χ3n) is 7.66. The van der Waals surface area contributed by atoms with E-state index < -0.39 is 0 Å². The molecule has 2 aromatic rings. The largest absolute Gasteiger partial charge is 0.469 e. The quantitative estimate of drug-likeness (QED) is 0.754. The molecule has 2 amide bonds. The van der Waals surface area contributed by atoms with Crippen LogP contribution in [0.3, 0.4) is 0 Å². The molecule has 1 aromatic heterocycles. The molecule has 5 nitrogen and oxygen atoms in total. The van der Waals surface area contributed by atoms with Crippen LogP contribution >= 0.6 is 0 Å². The van der Waals surface area contributed by atoms with E-state index in [1.807, 2.05) is 36.4 Å². The van der Waals surface area contributed by atoms with Crippen molar-refractivity contribution in [1.82, 2.24) is 10.2 Å². The SMILES string of the molecule is O=C(NCCc1ccco1)[C@@H]1c2ccccc2C(=O)N(C2CCCCC2)C12CCCC2. The van der Waals surface area contributed by atoms with Crippen LogP contribution in [-0.2, 0) is 11.2 Å². The predicted octanol–water partition coefficient (Wildman–Crippen LogP) is 4.82. The fourth-order valence-corrected chi connectivity index (χ4v) is 6.34. The Hall–Kier alpha value is -2.56. The van der Waals surface area contributed by atoms with Gasteiger partial charge in [0.1, 0.15) is 5.76 Å². The second-order valence-corrected chi connectivity index (χ2v) is 9.42. The molecule has 1 aromatic carbocycles. The number of amides is 2. The van der Waals surface area contributed by atoms with E-state index in [0.29, 0.717) is 13.0 Å². The van der Waals surface area contributed by atoms with E-state index in [1.165, 1.54) is 19.3 Å². The molecule has 0 unspecified atom stereocenters. The highest BCUT2D eigenvalue weighted by Crippen LogP contribution is 2.52. The fourth-order valence-electron chi connectivity index (χ4n) is 6.34. The average Bonchev–Trinajstić information content (AvgIpc) is 3.48. The van der Waals surface area contributed by atoms with Crippen LogP contribution in [0.5, 0.6) is 0 Å². The highest BCUT2D eigenvalue weighted by atomic mass is 16.3. The summed E-state index contributed by atoms with van der Waals surface area (Å²) in [6.07, 6.45) is 12.0. The summed E-state index contributed by atoms with van der Waals surface area (Å²) in [7, 11) is 0. The van der Waals surface area contributed by atoms with Crippen LogP contribution in [0.4, 0.5) is 0 Å². The number of nitrogens with one attached hydrogen (secondary N) is 1. The van der Waals surface area contributed by atoms with Gasteiger partial charge in [0, 0.05) is 24.6 Å². The summed E-state index contributed by atoms with van der Waals surface area (Å²) in [6.45, 7) is 0.540. The lowest BCUT2D eigenvalue weighted by Gasteiger charge is -2.54. The fraction of sp³-hybridized carbons (Fsp3) is 0.538. The predicted molar refractivity (Wildman–Crippen MR) is 119 cm³/mol. The van der Waals surface area contributed by atoms with Gasteiger partial charge in [0.05, 0.1) is 17.7 Å². The van der Waals surface area contributed by atoms with Crippen LogP contribution in [0.25, 0.3) is 0 Å². The van der Waals surface area contributed by atoms with Gasteiger partial charge in [-0.1, -0.05) is 50.3 Å². The first kappa shape index (κ1) is 20.3. The van der Waals surface area contributed by atoms with E-state index in [-0.39, 0.29) is 29.3 Å². The number of carbonyl (C=O) groups excluding carboxylic acids is 2. The van der Waals surface area contributed by atoms with E-state index >= 15 is 0 Å². The van der Waals surface area contributed by atoms with Crippen molar-refractivity contribution in [1.29, 1.82) is 0 Å². The molecule has 1 N–H and O–H groups in total. The smallest absolute Gasteiger partial charge is 0.254 e. The first-order valence-electron chi connectivity index (χ1n) is 11.9. The van der Waals surface area contributed by atoms with Crippen LogP contribution in [-0.4, -0.2) is 34.8 Å². The second kappa shape index (κ2) is 8.52. The van der Waals surface area contributed by atoms with Gasteiger partial charge in [0.2, 0.25) is 5.91 Å². The average molecular weight is 421 g/mol. The Morgan fingerprint density at radius 1 is 1.03 bits per heavy atom. The Bertz CT molecular complexity index is 924. The van der Waals surface area contributed by atoms with Crippen LogP contribution in [0.15, 0.2) is 47.1 Å².